The van der Waals surface area contributed by atoms with Gasteiger partial charge < -0.3 is 0 Å². The van der Waals surface area contributed by atoms with Crippen LogP contribution in [0.15, 0.2) is 47.4 Å². The predicted octanol–water partition coefficient (Wildman–Crippen LogP) is 3.87. The Kier molecular flexibility index (Phi) is 4.59. The normalized spacial score (nSPS) is 11.4. The van der Waals surface area contributed by atoms with Crippen molar-refractivity contribution in [1.29, 1.82) is 0 Å². The molecule has 112 valence electrons. The van der Waals surface area contributed by atoms with E-state index < -0.39 is 10.0 Å². The Balaban J connectivity index is 2.54. The lowest BCUT2D eigenvalue weighted by Crippen LogP contribution is -2.27. The summed E-state index contributed by atoms with van der Waals surface area (Å²) in [6.45, 7) is 3.68. The summed E-state index contributed by atoms with van der Waals surface area (Å²) in [5, 5.41) is 0. The number of hydrogen-bond donors (Lipinski definition) is 0. The minimum absolute atomic E-state index is 0.289. The summed E-state index contributed by atoms with van der Waals surface area (Å²) in [5.74, 6) is 0.289. The molecule has 0 saturated carbocycles. The van der Waals surface area contributed by atoms with Crippen LogP contribution in [-0.4, -0.2) is 15.5 Å². The fraction of sp³-hybridized carbons (Fsp3) is 0.250. The minimum atomic E-state index is -3.60. The topological polar surface area (TPSA) is 37.4 Å². The van der Waals surface area contributed by atoms with Crippen LogP contribution in [0.3, 0.4) is 0 Å². The first-order valence-corrected chi connectivity index (χ1v) is 8.55. The second kappa shape index (κ2) is 6.08. The van der Waals surface area contributed by atoms with Crippen molar-refractivity contribution < 1.29 is 8.42 Å². The maximum atomic E-state index is 12.9. The fourth-order valence-corrected chi connectivity index (χ4v) is 3.90. The highest BCUT2D eigenvalue weighted by molar-refractivity contribution is 7.92. The van der Waals surface area contributed by atoms with E-state index in [1.54, 1.807) is 32.2 Å². The Morgan fingerprint density at radius 1 is 1.05 bits per heavy atom. The highest BCUT2D eigenvalue weighted by Crippen LogP contribution is 2.27. The van der Waals surface area contributed by atoms with Crippen molar-refractivity contribution >= 4 is 27.3 Å². The summed E-state index contributed by atoms with van der Waals surface area (Å²) in [4.78, 5) is 0.298. The van der Waals surface area contributed by atoms with Crippen LogP contribution in [0.1, 0.15) is 16.7 Å². The Labute approximate surface area is 131 Å². The largest absolute Gasteiger partial charge is 0.269 e. The summed E-state index contributed by atoms with van der Waals surface area (Å²) in [6.07, 6.45) is 0. The lowest BCUT2D eigenvalue weighted by atomic mass is 10.2. The van der Waals surface area contributed by atoms with Crippen LogP contribution in [0.4, 0.5) is 5.69 Å². The number of anilines is 1. The molecule has 5 heteroatoms. The van der Waals surface area contributed by atoms with Gasteiger partial charge in [0.25, 0.3) is 10.0 Å². The molecule has 0 bridgehead atoms. The summed E-state index contributed by atoms with van der Waals surface area (Å²) in [6, 6.07) is 12.7. The molecule has 2 aromatic carbocycles. The standard InChI is InChI=1S/C16H18ClNO2S/c1-12-6-4-5-7-15(12)18(3)21(19,20)16-10-14(11-17)9-8-13(16)2/h4-10H,11H2,1-3H3. The Morgan fingerprint density at radius 2 is 1.71 bits per heavy atom. The summed E-state index contributed by atoms with van der Waals surface area (Å²) in [5.41, 5.74) is 3.09. The van der Waals surface area contributed by atoms with Gasteiger partial charge in [-0.3, -0.25) is 4.31 Å². The molecule has 2 rings (SSSR count). The first kappa shape index (κ1) is 15.9. The van der Waals surface area contributed by atoms with Gasteiger partial charge in [0.05, 0.1) is 10.6 Å². The smallest absolute Gasteiger partial charge is 0.264 e. The molecular weight excluding hydrogens is 306 g/mol. The molecule has 0 aliphatic carbocycles. The van der Waals surface area contributed by atoms with E-state index in [2.05, 4.69) is 0 Å². The van der Waals surface area contributed by atoms with E-state index in [0.717, 1.165) is 11.1 Å². The summed E-state index contributed by atoms with van der Waals surface area (Å²) < 4.78 is 27.0. The quantitative estimate of drug-likeness (QED) is 0.801. The Hall–Kier alpha value is -1.52. The third-order valence-corrected chi connectivity index (χ3v) is 5.72. The summed E-state index contributed by atoms with van der Waals surface area (Å²) in [7, 11) is -2.03. The highest BCUT2D eigenvalue weighted by Gasteiger charge is 2.24. The van der Waals surface area contributed by atoms with Gasteiger partial charge in [-0.05, 0) is 42.7 Å². The van der Waals surface area contributed by atoms with E-state index >= 15 is 0 Å². The zero-order chi connectivity index (χ0) is 15.6. The molecule has 0 aromatic heterocycles. The van der Waals surface area contributed by atoms with Crippen LogP contribution in [-0.2, 0) is 15.9 Å². The van der Waals surface area contributed by atoms with Crippen molar-refractivity contribution in [3.8, 4) is 0 Å². The lowest BCUT2D eigenvalue weighted by molar-refractivity contribution is 0.593. The number of aryl methyl sites for hydroxylation is 2. The van der Waals surface area contributed by atoms with Gasteiger partial charge in [0, 0.05) is 12.9 Å². The van der Waals surface area contributed by atoms with Gasteiger partial charge in [-0.15, -0.1) is 11.6 Å². The number of rotatable bonds is 4. The van der Waals surface area contributed by atoms with Gasteiger partial charge >= 0.3 is 0 Å². The van der Waals surface area contributed by atoms with Gasteiger partial charge in [0.1, 0.15) is 0 Å². The van der Waals surface area contributed by atoms with Gasteiger partial charge in [-0.1, -0.05) is 30.3 Å². The van der Waals surface area contributed by atoms with Crippen molar-refractivity contribution in [2.45, 2.75) is 24.6 Å². The molecule has 0 heterocycles. The van der Waals surface area contributed by atoms with Crippen molar-refractivity contribution in [1.82, 2.24) is 0 Å². The van der Waals surface area contributed by atoms with Crippen molar-refractivity contribution in [3.63, 3.8) is 0 Å². The van der Waals surface area contributed by atoms with E-state index in [4.69, 9.17) is 11.6 Å². The van der Waals surface area contributed by atoms with E-state index in [-0.39, 0.29) is 5.88 Å². The van der Waals surface area contributed by atoms with Gasteiger partial charge in [-0.2, -0.15) is 0 Å². The van der Waals surface area contributed by atoms with E-state index in [0.29, 0.717) is 16.1 Å². The van der Waals surface area contributed by atoms with Crippen LogP contribution in [0.25, 0.3) is 0 Å². The third-order valence-electron chi connectivity index (χ3n) is 3.50. The molecule has 0 spiro atoms. The predicted molar refractivity (Wildman–Crippen MR) is 87.5 cm³/mol. The molecule has 3 nitrogen and oxygen atoms in total. The average molecular weight is 324 g/mol. The maximum Gasteiger partial charge on any atom is 0.264 e. The average Bonchev–Trinajstić information content (AvgIpc) is 2.47. The van der Waals surface area contributed by atoms with Crippen LogP contribution >= 0.6 is 11.6 Å². The first-order chi connectivity index (χ1) is 9.87. The molecule has 0 amide bonds. The SMILES string of the molecule is Cc1ccccc1N(C)S(=O)(=O)c1cc(CCl)ccc1C. The number of para-hydroxylation sites is 1. The van der Waals surface area contributed by atoms with Crippen molar-refractivity contribution in [3.05, 3.63) is 59.2 Å². The maximum absolute atomic E-state index is 12.9. The Bertz CT molecular complexity index is 757. The minimum Gasteiger partial charge on any atom is -0.269 e. The monoisotopic (exact) mass is 323 g/mol. The lowest BCUT2D eigenvalue weighted by Gasteiger charge is -2.22. The van der Waals surface area contributed by atoms with Crippen LogP contribution in [0, 0.1) is 13.8 Å². The molecular formula is C16H18ClNO2S. The first-order valence-electron chi connectivity index (χ1n) is 6.58. The molecule has 2 aromatic rings. The van der Waals surface area contributed by atoms with Crippen LogP contribution < -0.4 is 4.31 Å². The number of sulfonamides is 1. The molecule has 0 radical (unpaired) electrons. The highest BCUT2D eigenvalue weighted by atomic mass is 35.5. The molecule has 0 N–H and O–H groups in total. The summed E-state index contributed by atoms with van der Waals surface area (Å²) >= 11 is 5.81. The molecule has 0 atom stereocenters. The van der Waals surface area contributed by atoms with Gasteiger partial charge in [0.15, 0.2) is 0 Å². The molecule has 0 aliphatic heterocycles. The molecule has 21 heavy (non-hydrogen) atoms. The van der Waals surface area contributed by atoms with Gasteiger partial charge in [0.2, 0.25) is 0 Å². The van der Waals surface area contributed by atoms with E-state index in [1.165, 1.54) is 4.31 Å². The second-order valence-corrected chi connectivity index (χ2v) is 7.20. The zero-order valence-electron chi connectivity index (χ0n) is 12.3. The molecule has 0 fully saturated rings. The molecule has 0 unspecified atom stereocenters. The number of halogens is 1. The van der Waals surface area contributed by atoms with Crippen molar-refractivity contribution in [2.75, 3.05) is 11.4 Å². The number of alkyl halides is 1. The number of benzene rings is 2. The van der Waals surface area contributed by atoms with Crippen LogP contribution in [0.5, 0.6) is 0 Å². The van der Waals surface area contributed by atoms with Crippen molar-refractivity contribution in [2.24, 2.45) is 0 Å². The van der Waals surface area contributed by atoms with Crippen LogP contribution in [0.2, 0.25) is 0 Å². The number of hydrogen-bond acceptors (Lipinski definition) is 2. The molecule has 0 aliphatic rings. The fourth-order valence-electron chi connectivity index (χ4n) is 2.20. The number of nitrogens with zero attached hydrogens (tertiary/aromatic N) is 1. The zero-order valence-corrected chi connectivity index (χ0v) is 13.9. The van der Waals surface area contributed by atoms with Gasteiger partial charge in [-0.25, -0.2) is 8.42 Å². The third kappa shape index (κ3) is 3.06. The second-order valence-electron chi connectivity index (χ2n) is 4.99. The molecule has 0 saturated heterocycles. The van der Waals surface area contributed by atoms with E-state index in [9.17, 15) is 8.42 Å². The van der Waals surface area contributed by atoms with E-state index in [1.807, 2.05) is 31.2 Å². The Morgan fingerprint density at radius 3 is 2.33 bits per heavy atom.